The molecule has 1 amide bonds. The summed E-state index contributed by atoms with van der Waals surface area (Å²) in [6, 6.07) is 13.4. The molecule has 0 spiro atoms. The van der Waals surface area contributed by atoms with E-state index in [4.69, 9.17) is 4.42 Å². The van der Waals surface area contributed by atoms with Crippen LogP contribution in [0, 0.1) is 6.92 Å². The van der Waals surface area contributed by atoms with Gasteiger partial charge in [-0.25, -0.2) is 0 Å². The number of carbonyl (C=O) groups excluding carboxylic acids is 1. The lowest BCUT2D eigenvalue weighted by atomic mass is 9.99. The summed E-state index contributed by atoms with van der Waals surface area (Å²) in [6.45, 7) is 7.60. The maximum absolute atomic E-state index is 13.1. The zero-order valence-electron chi connectivity index (χ0n) is 17.3. The van der Waals surface area contributed by atoms with Crippen LogP contribution in [-0.4, -0.2) is 23.9 Å². The molecule has 0 atom stereocenters. The van der Waals surface area contributed by atoms with Crippen molar-refractivity contribution >= 4 is 16.9 Å². The molecular weight excluding hydrogens is 362 g/mol. The van der Waals surface area contributed by atoms with Gasteiger partial charge in [0, 0.05) is 24.2 Å². The number of nitrogens with zero attached hydrogens (tertiary/aromatic N) is 1. The largest absolute Gasteiger partial charge is 0.455 e. The van der Waals surface area contributed by atoms with Gasteiger partial charge >= 0.3 is 0 Å². The molecule has 2 aromatic carbocycles. The van der Waals surface area contributed by atoms with Crippen LogP contribution in [0.15, 0.2) is 51.7 Å². The highest BCUT2D eigenvalue weighted by Crippen LogP contribution is 2.29. The minimum Gasteiger partial charge on any atom is -0.455 e. The Balaban J connectivity index is 1.85. The molecule has 4 nitrogen and oxygen atoms in total. The van der Waals surface area contributed by atoms with Crippen LogP contribution in [-0.2, 0) is 0 Å². The van der Waals surface area contributed by atoms with Gasteiger partial charge in [0.05, 0.1) is 10.9 Å². The second kappa shape index (κ2) is 7.86. The lowest BCUT2D eigenvalue weighted by Crippen LogP contribution is -2.35. The predicted molar refractivity (Wildman–Crippen MR) is 117 cm³/mol. The summed E-state index contributed by atoms with van der Waals surface area (Å²) in [5, 5.41) is 0.466. The summed E-state index contributed by atoms with van der Waals surface area (Å²) < 4.78 is 6.26. The fraction of sp³-hybridized carbons (Fsp3) is 0.360. The zero-order chi connectivity index (χ0) is 20.5. The molecule has 4 rings (SSSR count). The van der Waals surface area contributed by atoms with Gasteiger partial charge in [0.15, 0.2) is 11.0 Å². The Kier molecular flexibility index (Phi) is 5.27. The molecule has 0 aliphatic carbocycles. The smallest absolute Gasteiger partial charge is 0.257 e. The fourth-order valence-electron chi connectivity index (χ4n) is 4.04. The number of benzene rings is 2. The number of hydrogen-bond acceptors (Lipinski definition) is 3. The van der Waals surface area contributed by atoms with Crippen LogP contribution in [0.5, 0.6) is 0 Å². The van der Waals surface area contributed by atoms with Gasteiger partial charge in [-0.05, 0) is 49.8 Å². The number of carbonyl (C=O) groups is 1. The van der Waals surface area contributed by atoms with Crippen molar-refractivity contribution in [3.05, 3.63) is 69.4 Å². The third-order valence-electron chi connectivity index (χ3n) is 5.86. The SMILES string of the molecule is Cc1c(-c2ccc(C(C)C)cc2)oc2c(C(=O)N3CCCCC3)cccc2c1=O. The summed E-state index contributed by atoms with van der Waals surface area (Å²) in [4.78, 5) is 28.1. The van der Waals surface area contributed by atoms with Crippen LogP contribution >= 0.6 is 0 Å². The van der Waals surface area contributed by atoms with Crippen LogP contribution in [0.2, 0.25) is 0 Å². The van der Waals surface area contributed by atoms with Crippen molar-refractivity contribution in [3.8, 4) is 11.3 Å². The van der Waals surface area contributed by atoms with Gasteiger partial charge in [0.2, 0.25) is 0 Å². The molecule has 0 bridgehead atoms. The van der Waals surface area contributed by atoms with Gasteiger partial charge in [0.1, 0.15) is 5.76 Å². The topological polar surface area (TPSA) is 50.5 Å². The molecule has 1 aromatic heterocycles. The second-order valence-corrected chi connectivity index (χ2v) is 8.20. The van der Waals surface area contributed by atoms with Crippen molar-refractivity contribution in [1.82, 2.24) is 4.90 Å². The summed E-state index contributed by atoms with van der Waals surface area (Å²) in [5.41, 5.74) is 3.43. The van der Waals surface area contributed by atoms with Gasteiger partial charge in [-0.1, -0.05) is 44.2 Å². The van der Waals surface area contributed by atoms with Crippen molar-refractivity contribution in [2.75, 3.05) is 13.1 Å². The Morgan fingerprint density at radius 2 is 1.69 bits per heavy atom. The number of likely N-dealkylation sites (tertiary alicyclic amines) is 1. The van der Waals surface area contributed by atoms with E-state index in [0.717, 1.165) is 37.9 Å². The first-order valence-corrected chi connectivity index (χ1v) is 10.4. The molecule has 0 N–H and O–H groups in total. The monoisotopic (exact) mass is 389 g/mol. The Morgan fingerprint density at radius 1 is 1.00 bits per heavy atom. The molecule has 2 heterocycles. The molecule has 4 heteroatoms. The predicted octanol–water partition coefficient (Wildman–Crippen LogP) is 5.52. The Hall–Kier alpha value is -2.88. The molecule has 0 saturated carbocycles. The van der Waals surface area contributed by atoms with E-state index in [-0.39, 0.29) is 11.3 Å². The van der Waals surface area contributed by atoms with Gasteiger partial charge in [0.25, 0.3) is 5.91 Å². The van der Waals surface area contributed by atoms with Gasteiger partial charge in [-0.2, -0.15) is 0 Å². The number of hydrogen-bond donors (Lipinski definition) is 0. The van der Waals surface area contributed by atoms with E-state index in [2.05, 4.69) is 26.0 Å². The average Bonchev–Trinajstić information content (AvgIpc) is 2.76. The van der Waals surface area contributed by atoms with E-state index >= 15 is 0 Å². The van der Waals surface area contributed by atoms with Gasteiger partial charge < -0.3 is 9.32 Å². The van der Waals surface area contributed by atoms with Crippen LogP contribution in [0.25, 0.3) is 22.3 Å². The summed E-state index contributed by atoms with van der Waals surface area (Å²) in [7, 11) is 0. The first-order chi connectivity index (χ1) is 14.0. The molecular formula is C25H27NO3. The van der Waals surface area contributed by atoms with Crippen molar-refractivity contribution < 1.29 is 9.21 Å². The van der Waals surface area contributed by atoms with E-state index in [1.807, 2.05) is 17.0 Å². The molecule has 0 radical (unpaired) electrons. The number of fused-ring (bicyclic) bond motifs is 1. The number of piperidine rings is 1. The zero-order valence-corrected chi connectivity index (χ0v) is 17.3. The number of amides is 1. The van der Waals surface area contributed by atoms with Crippen molar-refractivity contribution in [3.63, 3.8) is 0 Å². The van der Waals surface area contributed by atoms with Crippen molar-refractivity contribution in [2.45, 2.75) is 46.0 Å². The number of rotatable bonds is 3. The molecule has 1 fully saturated rings. The Bertz CT molecular complexity index is 1100. The van der Waals surface area contributed by atoms with Crippen LogP contribution in [0.4, 0.5) is 0 Å². The highest BCUT2D eigenvalue weighted by Gasteiger charge is 2.23. The third kappa shape index (κ3) is 3.59. The normalized spacial score (nSPS) is 14.6. The maximum Gasteiger partial charge on any atom is 0.257 e. The highest BCUT2D eigenvalue weighted by atomic mass is 16.3. The quantitative estimate of drug-likeness (QED) is 0.593. The molecule has 1 aliphatic heterocycles. The van der Waals surface area contributed by atoms with E-state index in [1.165, 1.54) is 5.56 Å². The summed E-state index contributed by atoms with van der Waals surface area (Å²) >= 11 is 0. The van der Waals surface area contributed by atoms with E-state index < -0.39 is 0 Å². The molecule has 0 unspecified atom stereocenters. The molecule has 1 aliphatic rings. The van der Waals surface area contributed by atoms with Crippen LogP contribution < -0.4 is 5.43 Å². The highest BCUT2D eigenvalue weighted by molar-refractivity contribution is 6.05. The lowest BCUT2D eigenvalue weighted by molar-refractivity contribution is 0.0725. The first-order valence-electron chi connectivity index (χ1n) is 10.4. The van der Waals surface area contributed by atoms with E-state index in [9.17, 15) is 9.59 Å². The Morgan fingerprint density at radius 3 is 2.34 bits per heavy atom. The molecule has 29 heavy (non-hydrogen) atoms. The first kappa shape index (κ1) is 19.4. The number of para-hydroxylation sites is 1. The third-order valence-corrected chi connectivity index (χ3v) is 5.86. The van der Waals surface area contributed by atoms with Gasteiger partial charge in [-0.3, -0.25) is 9.59 Å². The second-order valence-electron chi connectivity index (χ2n) is 8.20. The lowest BCUT2D eigenvalue weighted by Gasteiger charge is -2.27. The van der Waals surface area contributed by atoms with E-state index in [1.54, 1.807) is 25.1 Å². The fourth-order valence-corrected chi connectivity index (χ4v) is 4.04. The van der Waals surface area contributed by atoms with Crippen LogP contribution in [0.3, 0.4) is 0 Å². The minimum atomic E-state index is -0.0810. The Labute approximate surface area is 171 Å². The summed E-state index contributed by atoms with van der Waals surface area (Å²) in [5.74, 6) is 0.919. The average molecular weight is 389 g/mol. The maximum atomic E-state index is 13.1. The van der Waals surface area contributed by atoms with Crippen LogP contribution in [0.1, 0.15) is 60.5 Å². The van der Waals surface area contributed by atoms with E-state index in [0.29, 0.717) is 33.8 Å². The molecule has 1 saturated heterocycles. The van der Waals surface area contributed by atoms with Crippen molar-refractivity contribution in [1.29, 1.82) is 0 Å². The van der Waals surface area contributed by atoms with Gasteiger partial charge in [-0.15, -0.1) is 0 Å². The standard InChI is InChI=1S/C25H27NO3/c1-16(2)18-10-12-19(13-11-18)23-17(3)22(27)20-8-7-9-21(24(20)29-23)25(28)26-14-5-4-6-15-26/h7-13,16H,4-6,14-15H2,1-3H3. The summed E-state index contributed by atoms with van der Waals surface area (Å²) in [6.07, 6.45) is 3.20. The molecule has 3 aromatic rings. The minimum absolute atomic E-state index is 0.0524. The van der Waals surface area contributed by atoms with Crippen molar-refractivity contribution in [2.24, 2.45) is 0 Å². The molecule has 150 valence electrons.